The molecule has 0 saturated carbocycles. The van der Waals surface area contributed by atoms with E-state index in [2.05, 4.69) is 4.98 Å². The fourth-order valence-electron chi connectivity index (χ4n) is 2.81. The summed E-state index contributed by atoms with van der Waals surface area (Å²) >= 11 is 0. The highest BCUT2D eigenvalue weighted by atomic mass is 16.4. The lowest BCUT2D eigenvalue weighted by Gasteiger charge is -2.39. The van der Waals surface area contributed by atoms with Gasteiger partial charge in [-0.2, -0.15) is 0 Å². The maximum Gasteiger partial charge on any atom is 0.309 e. The number of aromatic nitrogens is 1. The summed E-state index contributed by atoms with van der Waals surface area (Å²) in [4.78, 5) is 29.9. The number of piperidine rings is 1. The number of nitrogens with zero attached hydrogens (tertiary/aromatic N) is 2. The van der Waals surface area contributed by atoms with Crippen molar-refractivity contribution in [3.05, 3.63) is 29.6 Å². The Bertz CT molecular complexity index is 554. The van der Waals surface area contributed by atoms with Crippen molar-refractivity contribution in [1.82, 2.24) is 9.88 Å². The zero-order chi connectivity index (χ0) is 15.6. The second-order valence-electron chi connectivity index (χ2n) is 6.25. The number of carbonyl (C=O) groups is 2. The number of hydrogen-bond donors (Lipinski definition) is 1. The van der Waals surface area contributed by atoms with Gasteiger partial charge in [0.25, 0.3) is 5.91 Å². The van der Waals surface area contributed by atoms with Crippen molar-refractivity contribution in [1.29, 1.82) is 0 Å². The van der Waals surface area contributed by atoms with Gasteiger partial charge < -0.3 is 10.0 Å². The molecule has 114 valence electrons. The SMILES string of the molecule is Cc1ncccc1C(=O)N1CCCC(C(C)(C)C(=O)O)C1. The van der Waals surface area contributed by atoms with Crippen LogP contribution >= 0.6 is 0 Å². The van der Waals surface area contributed by atoms with Crippen molar-refractivity contribution in [2.45, 2.75) is 33.6 Å². The Morgan fingerprint density at radius 2 is 2.14 bits per heavy atom. The summed E-state index contributed by atoms with van der Waals surface area (Å²) in [5.74, 6) is -0.879. The van der Waals surface area contributed by atoms with Crippen LogP contribution in [0.4, 0.5) is 0 Å². The lowest BCUT2D eigenvalue weighted by atomic mass is 9.74. The van der Waals surface area contributed by atoms with Crippen LogP contribution in [0.2, 0.25) is 0 Å². The largest absolute Gasteiger partial charge is 0.481 e. The van der Waals surface area contributed by atoms with E-state index in [4.69, 9.17) is 0 Å². The van der Waals surface area contributed by atoms with Crippen LogP contribution in [0, 0.1) is 18.3 Å². The van der Waals surface area contributed by atoms with Crippen LogP contribution in [0.3, 0.4) is 0 Å². The van der Waals surface area contributed by atoms with Crippen LogP contribution in [-0.2, 0) is 4.79 Å². The number of aliphatic carboxylic acids is 1. The Labute approximate surface area is 125 Å². The highest BCUT2D eigenvalue weighted by Gasteiger charge is 2.40. The van der Waals surface area contributed by atoms with Gasteiger partial charge in [0.2, 0.25) is 0 Å². The third-order valence-corrected chi connectivity index (χ3v) is 4.52. The molecule has 1 aliphatic heterocycles. The first kappa shape index (κ1) is 15.5. The summed E-state index contributed by atoms with van der Waals surface area (Å²) in [6, 6.07) is 3.53. The normalized spacial score (nSPS) is 19.4. The topological polar surface area (TPSA) is 70.5 Å². The number of carbonyl (C=O) groups excluding carboxylic acids is 1. The van der Waals surface area contributed by atoms with Crippen LogP contribution in [-0.4, -0.2) is 40.0 Å². The van der Waals surface area contributed by atoms with Gasteiger partial charge in [0.05, 0.1) is 11.0 Å². The summed E-state index contributed by atoms with van der Waals surface area (Å²) in [5, 5.41) is 9.37. The smallest absolute Gasteiger partial charge is 0.309 e. The number of hydrogen-bond acceptors (Lipinski definition) is 3. The van der Waals surface area contributed by atoms with Crippen LogP contribution in [0.15, 0.2) is 18.3 Å². The van der Waals surface area contributed by atoms with Gasteiger partial charge >= 0.3 is 5.97 Å². The summed E-state index contributed by atoms with van der Waals surface area (Å²) in [5.41, 5.74) is 0.497. The highest BCUT2D eigenvalue weighted by molar-refractivity contribution is 5.95. The number of rotatable bonds is 3. The molecule has 5 heteroatoms. The molecular weight excluding hydrogens is 268 g/mol. The molecule has 2 rings (SSSR count). The van der Waals surface area contributed by atoms with E-state index in [0.717, 1.165) is 12.8 Å². The van der Waals surface area contributed by atoms with Gasteiger partial charge in [-0.05, 0) is 51.7 Å². The molecule has 0 spiro atoms. The zero-order valence-corrected chi connectivity index (χ0v) is 12.8. The third-order valence-electron chi connectivity index (χ3n) is 4.52. The molecule has 21 heavy (non-hydrogen) atoms. The van der Waals surface area contributed by atoms with Gasteiger partial charge in [0.15, 0.2) is 0 Å². The molecule has 1 aromatic heterocycles. The highest BCUT2D eigenvalue weighted by Crippen LogP contribution is 2.34. The van der Waals surface area contributed by atoms with Crippen molar-refractivity contribution in [3.63, 3.8) is 0 Å². The first-order chi connectivity index (χ1) is 9.84. The second-order valence-corrected chi connectivity index (χ2v) is 6.25. The molecule has 1 atom stereocenters. The van der Waals surface area contributed by atoms with Gasteiger partial charge in [-0.3, -0.25) is 14.6 Å². The lowest BCUT2D eigenvalue weighted by molar-refractivity contribution is -0.151. The van der Waals surface area contributed by atoms with E-state index in [9.17, 15) is 14.7 Å². The van der Waals surface area contributed by atoms with E-state index < -0.39 is 11.4 Å². The molecule has 0 aliphatic carbocycles. The average molecular weight is 290 g/mol. The monoisotopic (exact) mass is 290 g/mol. The second kappa shape index (κ2) is 5.84. The van der Waals surface area contributed by atoms with E-state index in [1.165, 1.54) is 0 Å². The zero-order valence-electron chi connectivity index (χ0n) is 12.8. The van der Waals surface area contributed by atoms with Gasteiger partial charge in [0, 0.05) is 25.0 Å². The van der Waals surface area contributed by atoms with Gasteiger partial charge in [-0.1, -0.05) is 0 Å². The van der Waals surface area contributed by atoms with E-state index in [1.807, 2.05) is 6.92 Å². The van der Waals surface area contributed by atoms with E-state index >= 15 is 0 Å². The Morgan fingerprint density at radius 3 is 2.76 bits per heavy atom. The maximum atomic E-state index is 12.6. The van der Waals surface area contributed by atoms with E-state index in [-0.39, 0.29) is 11.8 Å². The van der Waals surface area contributed by atoms with Gasteiger partial charge in [-0.25, -0.2) is 0 Å². The summed E-state index contributed by atoms with van der Waals surface area (Å²) < 4.78 is 0. The van der Waals surface area contributed by atoms with Gasteiger partial charge in [0.1, 0.15) is 0 Å². The van der Waals surface area contributed by atoms with Crippen molar-refractivity contribution in [2.75, 3.05) is 13.1 Å². The molecule has 1 fully saturated rings. The van der Waals surface area contributed by atoms with Crippen molar-refractivity contribution in [2.24, 2.45) is 11.3 Å². The third kappa shape index (κ3) is 3.06. The molecule has 2 heterocycles. The molecule has 1 aliphatic rings. The lowest BCUT2D eigenvalue weighted by Crippen LogP contribution is -2.47. The summed E-state index contributed by atoms with van der Waals surface area (Å²) in [6.45, 7) is 6.47. The molecule has 1 N–H and O–H groups in total. The summed E-state index contributed by atoms with van der Waals surface area (Å²) in [6.07, 6.45) is 3.35. The van der Waals surface area contributed by atoms with Gasteiger partial charge in [-0.15, -0.1) is 0 Å². The molecule has 0 radical (unpaired) electrons. The minimum Gasteiger partial charge on any atom is -0.481 e. The molecule has 1 unspecified atom stereocenters. The molecule has 0 aromatic carbocycles. The number of likely N-dealkylation sites (tertiary alicyclic amines) is 1. The standard InChI is InChI=1S/C16H22N2O3/c1-11-13(7-4-8-17-11)14(19)18-9-5-6-12(10-18)16(2,3)15(20)21/h4,7-8,12H,5-6,9-10H2,1-3H3,(H,20,21). The number of carboxylic acid groups (broad SMARTS) is 1. The summed E-state index contributed by atoms with van der Waals surface area (Å²) in [7, 11) is 0. The molecule has 0 bridgehead atoms. The Hall–Kier alpha value is -1.91. The van der Waals surface area contributed by atoms with Crippen molar-refractivity contribution in [3.8, 4) is 0 Å². The molecule has 1 amide bonds. The Kier molecular flexibility index (Phi) is 4.30. The number of carboxylic acids is 1. The van der Waals surface area contributed by atoms with E-state index in [0.29, 0.717) is 24.3 Å². The molecule has 1 aromatic rings. The molecular formula is C16H22N2O3. The van der Waals surface area contributed by atoms with Crippen LogP contribution in [0.1, 0.15) is 42.7 Å². The van der Waals surface area contributed by atoms with Crippen molar-refractivity contribution >= 4 is 11.9 Å². The Morgan fingerprint density at radius 1 is 1.43 bits per heavy atom. The van der Waals surface area contributed by atoms with Crippen LogP contribution in [0.5, 0.6) is 0 Å². The predicted molar refractivity (Wildman–Crippen MR) is 79.0 cm³/mol. The minimum atomic E-state index is -0.817. The quantitative estimate of drug-likeness (QED) is 0.927. The van der Waals surface area contributed by atoms with Crippen molar-refractivity contribution < 1.29 is 14.7 Å². The first-order valence-electron chi connectivity index (χ1n) is 7.28. The van der Waals surface area contributed by atoms with Crippen LogP contribution in [0.25, 0.3) is 0 Å². The fourth-order valence-corrected chi connectivity index (χ4v) is 2.81. The predicted octanol–water partition coefficient (Wildman–Crippen LogP) is 2.35. The fraction of sp³-hybridized carbons (Fsp3) is 0.562. The minimum absolute atomic E-state index is 0.0234. The number of aryl methyl sites for hydroxylation is 1. The molecule has 5 nitrogen and oxygen atoms in total. The molecule has 1 saturated heterocycles. The maximum absolute atomic E-state index is 12.6. The Balaban J connectivity index is 2.17. The first-order valence-corrected chi connectivity index (χ1v) is 7.28. The van der Waals surface area contributed by atoms with E-state index in [1.54, 1.807) is 37.1 Å². The van der Waals surface area contributed by atoms with Crippen LogP contribution < -0.4 is 0 Å². The number of amides is 1. The average Bonchev–Trinajstić information content (AvgIpc) is 2.47. The number of pyridine rings is 1.